The van der Waals surface area contributed by atoms with E-state index in [-0.39, 0.29) is 12.4 Å². The second-order valence-corrected chi connectivity index (χ2v) is 6.03. The zero-order chi connectivity index (χ0) is 19.9. The molecule has 0 spiro atoms. The maximum Gasteiger partial charge on any atom is 0.419 e. The number of H-pyrrole nitrogens is 1. The fourth-order valence-electron chi connectivity index (χ4n) is 2.76. The van der Waals surface area contributed by atoms with Crippen LogP contribution in [0.3, 0.4) is 0 Å². The first-order valence-corrected chi connectivity index (χ1v) is 8.11. The molecule has 1 aromatic carbocycles. The molecule has 9 heteroatoms. The average molecular weight is 379 g/mol. The SMILES string of the molecule is CCOC(=O)c1cn2nc(-c3ccc(C)c(C)c3)[nH]c(=O)c2c1C(F)(F)F. The van der Waals surface area contributed by atoms with Crippen molar-refractivity contribution in [2.24, 2.45) is 0 Å². The van der Waals surface area contributed by atoms with Crippen LogP contribution in [0.4, 0.5) is 13.2 Å². The quantitative estimate of drug-likeness (QED) is 0.707. The van der Waals surface area contributed by atoms with Gasteiger partial charge in [-0.05, 0) is 38.0 Å². The zero-order valence-electron chi connectivity index (χ0n) is 14.8. The van der Waals surface area contributed by atoms with E-state index in [1.54, 1.807) is 12.1 Å². The molecule has 0 fully saturated rings. The molecule has 0 radical (unpaired) electrons. The molecule has 6 nitrogen and oxygen atoms in total. The van der Waals surface area contributed by atoms with E-state index in [1.807, 2.05) is 19.9 Å². The molecule has 2 heterocycles. The molecule has 2 aromatic heterocycles. The third kappa shape index (κ3) is 3.32. The predicted octanol–water partition coefficient (Wildman–Crippen LogP) is 3.50. The normalized spacial score (nSPS) is 11.8. The topological polar surface area (TPSA) is 76.5 Å². The fraction of sp³-hybridized carbons (Fsp3) is 0.278. The van der Waals surface area contributed by atoms with Crippen molar-refractivity contribution in [1.29, 1.82) is 0 Å². The number of nitrogens with zero attached hydrogens (tertiary/aromatic N) is 2. The Morgan fingerprint density at radius 2 is 1.96 bits per heavy atom. The van der Waals surface area contributed by atoms with Crippen LogP contribution in [-0.4, -0.2) is 27.2 Å². The lowest BCUT2D eigenvalue weighted by Gasteiger charge is -2.08. The number of ether oxygens (including phenoxy) is 1. The minimum absolute atomic E-state index is 0.0923. The molecular weight excluding hydrogens is 363 g/mol. The van der Waals surface area contributed by atoms with Gasteiger partial charge < -0.3 is 9.72 Å². The number of hydrogen-bond acceptors (Lipinski definition) is 4. The molecule has 0 aliphatic rings. The second-order valence-electron chi connectivity index (χ2n) is 6.03. The van der Waals surface area contributed by atoms with Crippen molar-refractivity contribution >= 4 is 11.5 Å². The molecule has 142 valence electrons. The summed E-state index contributed by atoms with van der Waals surface area (Å²) in [5.41, 5.74) is -1.37. The van der Waals surface area contributed by atoms with Gasteiger partial charge in [0.25, 0.3) is 5.56 Å². The Morgan fingerprint density at radius 3 is 2.56 bits per heavy atom. The molecule has 3 rings (SSSR count). The maximum absolute atomic E-state index is 13.5. The number of carbonyl (C=O) groups is 1. The van der Waals surface area contributed by atoms with Gasteiger partial charge in [-0.2, -0.15) is 13.2 Å². The molecule has 27 heavy (non-hydrogen) atoms. The van der Waals surface area contributed by atoms with Crippen LogP contribution in [0.2, 0.25) is 0 Å². The molecule has 0 amide bonds. The number of carbonyl (C=O) groups excluding carboxylic acids is 1. The van der Waals surface area contributed by atoms with E-state index in [9.17, 15) is 22.8 Å². The Labute approximate surface area is 151 Å². The smallest absolute Gasteiger partial charge is 0.419 e. The highest BCUT2D eigenvalue weighted by molar-refractivity contribution is 5.94. The molecule has 3 aromatic rings. The van der Waals surface area contributed by atoms with E-state index in [4.69, 9.17) is 0 Å². The van der Waals surface area contributed by atoms with E-state index >= 15 is 0 Å². The van der Waals surface area contributed by atoms with Gasteiger partial charge in [0.15, 0.2) is 5.82 Å². The van der Waals surface area contributed by atoms with E-state index in [2.05, 4.69) is 14.8 Å². The van der Waals surface area contributed by atoms with E-state index in [1.165, 1.54) is 6.92 Å². The number of halogens is 3. The first-order chi connectivity index (χ1) is 12.6. The van der Waals surface area contributed by atoms with Crippen molar-refractivity contribution in [3.8, 4) is 11.4 Å². The summed E-state index contributed by atoms with van der Waals surface area (Å²) in [6, 6.07) is 5.28. The highest BCUT2D eigenvalue weighted by Crippen LogP contribution is 2.35. The molecule has 0 aliphatic carbocycles. The minimum atomic E-state index is -4.92. The third-order valence-electron chi connectivity index (χ3n) is 4.20. The number of alkyl halides is 3. The fourth-order valence-corrected chi connectivity index (χ4v) is 2.76. The summed E-state index contributed by atoms with van der Waals surface area (Å²) in [6.45, 7) is 5.15. The number of hydrogen-bond donors (Lipinski definition) is 1. The molecule has 0 unspecified atom stereocenters. The van der Waals surface area contributed by atoms with Gasteiger partial charge in [-0.3, -0.25) is 4.79 Å². The number of fused-ring (bicyclic) bond motifs is 1. The third-order valence-corrected chi connectivity index (χ3v) is 4.20. The van der Waals surface area contributed by atoms with Gasteiger partial charge in [0, 0.05) is 11.8 Å². The zero-order valence-corrected chi connectivity index (χ0v) is 14.8. The Balaban J connectivity index is 2.28. The standard InChI is InChI=1S/C18H16F3N3O3/c1-4-27-17(26)12-8-24-14(13(12)18(19,20)21)16(25)22-15(23-24)11-6-5-9(2)10(3)7-11/h5-8H,4H2,1-3H3,(H,22,23,25). The number of aryl methyl sites for hydroxylation is 2. The summed E-state index contributed by atoms with van der Waals surface area (Å²) >= 11 is 0. The van der Waals surface area contributed by atoms with Crippen LogP contribution in [-0.2, 0) is 10.9 Å². The van der Waals surface area contributed by atoms with Crippen molar-refractivity contribution in [2.45, 2.75) is 26.9 Å². The van der Waals surface area contributed by atoms with Crippen LogP contribution in [0.25, 0.3) is 16.9 Å². The molecule has 0 saturated heterocycles. The highest BCUT2D eigenvalue weighted by Gasteiger charge is 2.41. The Bertz CT molecular complexity index is 1100. The van der Waals surface area contributed by atoms with Crippen LogP contribution < -0.4 is 5.56 Å². The van der Waals surface area contributed by atoms with Gasteiger partial charge in [-0.15, -0.1) is 5.10 Å². The number of aromatic amines is 1. The number of aromatic nitrogens is 3. The number of rotatable bonds is 3. The maximum atomic E-state index is 13.5. The number of esters is 1. The number of nitrogens with one attached hydrogen (secondary N) is 1. The Morgan fingerprint density at radius 1 is 1.26 bits per heavy atom. The van der Waals surface area contributed by atoms with E-state index in [0.29, 0.717) is 5.56 Å². The van der Waals surface area contributed by atoms with Crippen LogP contribution in [0.15, 0.2) is 29.2 Å². The first-order valence-electron chi connectivity index (χ1n) is 8.11. The minimum Gasteiger partial charge on any atom is -0.462 e. The van der Waals surface area contributed by atoms with Crippen molar-refractivity contribution in [3.05, 3.63) is 57.0 Å². The van der Waals surface area contributed by atoms with Gasteiger partial charge in [0.05, 0.1) is 12.2 Å². The van der Waals surface area contributed by atoms with Crippen LogP contribution >= 0.6 is 0 Å². The largest absolute Gasteiger partial charge is 0.462 e. The summed E-state index contributed by atoms with van der Waals surface area (Å²) in [6.07, 6.45) is -4.05. The monoisotopic (exact) mass is 379 g/mol. The van der Waals surface area contributed by atoms with Gasteiger partial charge in [-0.25, -0.2) is 9.31 Å². The van der Waals surface area contributed by atoms with E-state index < -0.39 is 34.3 Å². The predicted molar refractivity (Wildman–Crippen MR) is 91.7 cm³/mol. The van der Waals surface area contributed by atoms with Crippen LogP contribution in [0, 0.1) is 13.8 Å². The molecule has 0 atom stereocenters. The Hall–Kier alpha value is -3.10. The lowest BCUT2D eigenvalue weighted by Crippen LogP contribution is -2.19. The number of benzene rings is 1. The van der Waals surface area contributed by atoms with Crippen molar-refractivity contribution in [1.82, 2.24) is 14.6 Å². The summed E-state index contributed by atoms with van der Waals surface area (Å²) in [5.74, 6) is -1.07. The lowest BCUT2D eigenvalue weighted by molar-refractivity contribution is -0.136. The van der Waals surface area contributed by atoms with Gasteiger partial charge in [-0.1, -0.05) is 12.1 Å². The van der Waals surface area contributed by atoms with Gasteiger partial charge in [0.2, 0.25) is 0 Å². The average Bonchev–Trinajstić information content (AvgIpc) is 2.98. The van der Waals surface area contributed by atoms with Gasteiger partial charge in [0.1, 0.15) is 11.1 Å². The summed E-state index contributed by atoms with van der Waals surface area (Å²) in [7, 11) is 0. The van der Waals surface area contributed by atoms with Crippen LogP contribution in [0.5, 0.6) is 0 Å². The highest BCUT2D eigenvalue weighted by atomic mass is 19.4. The van der Waals surface area contributed by atoms with Crippen molar-refractivity contribution < 1.29 is 22.7 Å². The lowest BCUT2D eigenvalue weighted by atomic mass is 10.1. The molecule has 0 saturated carbocycles. The van der Waals surface area contributed by atoms with Crippen molar-refractivity contribution in [3.63, 3.8) is 0 Å². The summed E-state index contributed by atoms with van der Waals surface area (Å²) in [4.78, 5) is 26.7. The molecular formula is C18H16F3N3O3. The van der Waals surface area contributed by atoms with Crippen LogP contribution in [0.1, 0.15) is 34.0 Å². The van der Waals surface area contributed by atoms with Crippen molar-refractivity contribution in [2.75, 3.05) is 6.61 Å². The summed E-state index contributed by atoms with van der Waals surface area (Å²) < 4.78 is 46.0. The summed E-state index contributed by atoms with van der Waals surface area (Å²) in [5, 5.41) is 4.07. The van der Waals surface area contributed by atoms with Gasteiger partial charge >= 0.3 is 12.1 Å². The second kappa shape index (κ2) is 6.57. The molecule has 0 bridgehead atoms. The molecule has 0 aliphatic heterocycles. The van der Waals surface area contributed by atoms with E-state index in [0.717, 1.165) is 21.8 Å². The molecule has 1 N–H and O–H groups in total. The first kappa shape index (κ1) is 18.7. The Kier molecular flexibility index (Phi) is 4.54.